The number of nitrogens with one attached hydrogen (secondary N) is 1. The molecule has 2 unspecified atom stereocenters. The summed E-state index contributed by atoms with van der Waals surface area (Å²) in [5.74, 6) is 2.44. The summed E-state index contributed by atoms with van der Waals surface area (Å²) >= 11 is 3.71. The molecule has 2 heterocycles. The second kappa shape index (κ2) is 5.35. The first-order valence-electron chi connectivity index (χ1n) is 7.32. The van der Waals surface area contributed by atoms with Gasteiger partial charge in [0.05, 0.1) is 0 Å². The molecular weight excluding hydrogens is 288 g/mol. The molecule has 0 radical (unpaired) electrons. The molecule has 5 heteroatoms. The number of hydrogen-bond donors (Lipinski definition) is 1. The number of amides is 1. The van der Waals surface area contributed by atoms with Crippen LogP contribution in [0.5, 0.6) is 0 Å². The summed E-state index contributed by atoms with van der Waals surface area (Å²) in [5, 5.41) is 3.61. The number of carbonyl (C=O) groups is 1. The van der Waals surface area contributed by atoms with Crippen molar-refractivity contribution >= 4 is 29.0 Å². The van der Waals surface area contributed by atoms with Crippen LogP contribution in [0.3, 0.4) is 0 Å². The molecule has 1 aromatic heterocycles. The lowest BCUT2D eigenvalue weighted by Gasteiger charge is -2.29. The molecule has 1 saturated heterocycles. The van der Waals surface area contributed by atoms with Gasteiger partial charge in [-0.05, 0) is 44.6 Å². The van der Waals surface area contributed by atoms with Gasteiger partial charge in [-0.15, -0.1) is 11.3 Å². The molecule has 0 bridgehead atoms. The summed E-state index contributed by atoms with van der Waals surface area (Å²) in [5.41, 5.74) is -0.228. The van der Waals surface area contributed by atoms with E-state index in [1.807, 2.05) is 11.8 Å². The highest BCUT2D eigenvalue weighted by Gasteiger charge is 2.60. The lowest BCUT2D eigenvalue weighted by Crippen LogP contribution is -2.40. The highest BCUT2D eigenvalue weighted by Crippen LogP contribution is 2.47. The van der Waals surface area contributed by atoms with Gasteiger partial charge in [0.15, 0.2) is 0 Å². The SMILES string of the molecule is CCSCC(C)N1C(=O)C2(CC2)NC1c1ccc(C)s1. The van der Waals surface area contributed by atoms with Crippen molar-refractivity contribution in [3.05, 3.63) is 21.9 Å². The van der Waals surface area contributed by atoms with E-state index in [1.54, 1.807) is 11.3 Å². The van der Waals surface area contributed by atoms with Gasteiger partial charge in [0.2, 0.25) is 5.91 Å². The highest BCUT2D eigenvalue weighted by atomic mass is 32.2. The molecule has 2 aliphatic rings. The van der Waals surface area contributed by atoms with Crippen LogP contribution in [0.15, 0.2) is 12.1 Å². The van der Waals surface area contributed by atoms with Crippen molar-refractivity contribution in [2.24, 2.45) is 0 Å². The van der Waals surface area contributed by atoms with Crippen molar-refractivity contribution in [1.29, 1.82) is 0 Å². The van der Waals surface area contributed by atoms with E-state index >= 15 is 0 Å². The third-order valence-corrected chi connectivity index (χ3v) is 6.33. The van der Waals surface area contributed by atoms with Crippen molar-refractivity contribution in [3.63, 3.8) is 0 Å². The molecule has 1 spiro atoms. The summed E-state index contributed by atoms with van der Waals surface area (Å²) < 4.78 is 0. The average molecular weight is 310 g/mol. The van der Waals surface area contributed by atoms with Crippen LogP contribution in [-0.4, -0.2) is 33.9 Å². The number of rotatable bonds is 5. The molecule has 3 nitrogen and oxygen atoms in total. The molecule has 3 rings (SSSR count). The fraction of sp³-hybridized carbons (Fsp3) is 0.667. The lowest BCUT2D eigenvalue weighted by molar-refractivity contribution is -0.132. The molecule has 1 aromatic rings. The second-order valence-electron chi connectivity index (χ2n) is 5.80. The Kier molecular flexibility index (Phi) is 3.86. The number of carbonyl (C=O) groups excluding carboxylic acids is 1. The first-order valence-corrected chi connectivity index (χ1v) is 9.29. The maximum atomic E-state index is 12.7. The fourth-order valence-corrected chi connectivity index (χ4v) is 4.54. The average Bonchev–Trinajstić information content (AvgIpc) is 2.99. The minimum Gasteiger partial charge on any atom is -0.317 e. The monoisotopic (exact) mass is 310 g/mol. The summed E-state index contributed by atoms with van der Waals surface area (Å²) in [6.07, 6.45) is 2.07. The quantitative estimate of drug-likeness (QED) is 0.906. The van der Waals surface area contributed by atoms with E-state index in [-0.39, 0.29) is 17.7 Å². The standard InChI is InChI=1S/C15H22N2OS2/c1-4-19-9-10(2)17-13(12-6-5-11(3)20-12)16-15(7-8-15)14(17)18/h5-6,10,13,16H,4,7-9H2,1-3H3. The van der Waals surface area contributed by atoms with Crippen LogP contribution in [0.25, 0.3) is 0 Å². The largest absolute Gasteiger partial charge is 0.317 e. The molecule has 1 saturated carbocycles. The van der Waals surface area contributed by atoms with E-state index in [9.17, 15) is 4.79 Å². The van der Waals surface area contributed by atoms with Crippen LogP contribution in [0.2, 0.25) is 0 Å². The Bertz CT molecular complexity index is 510. The topological polar surface area (TPSA) is 32.3 Å². The molecule has 20 heavy (non-hydrogen) atoms. The number of aryl methyl sites for hydroxylation is 1. The van der Waals surface area contributed by atoms with Crippen LogP contribution in [0.1, 0.15) is 42.6 Å². The Balaban J connectivity index is 1.84. The predicted octanol–water partition coefficient (Wildman–Crippen LogP) is 3.16. The molecule has 1 amide bonds. The van der Waals surface area contributed by atoms with Crippen molar-refractivity contribution in [3.8, 4) is 0 Å². The van der Waals surface area contributed by atoms with Gasteiger partial charge in [0.25, 0.3) is 0 Å². The van der Waals surface area contributed by atoms with Crippen molar-refractivity contribution in [2.45, 2.75) is 51.4 Å². The normalized spacial score (nSPS) is 25.4. The van der Waals surface area contributed by atoms with Gasteiger partial charge in [0, 0.05) is 21.5 Å². The molecule has 2 atom stereocenters. The Morgan fingerprint density at radius 2 is 2.30 bits per heavy atom. The van der Waals surface area contributed by atoms with E-state index in [2.05, 4.69) is 43.1 Å². The van der Waals surface area contributed by atoms with E-state index in [1.165, 1.54) is 9.75 Å². The third-order valence-electron chi connectivity index (χ3n) is 4.15. The summed E-state index contributed by atoms with van der Waals surface area (Å²) in [6.45, 7) is 6.47. The first-order chi connectivity index (χ1) is 9.57. The minimum absolute atomic E-state index is 0.0798. The Morgan fingerprint density at radius 3 is 2.85 bits per heavy atom. The fourth-order valence-electron chi connectivity index (χ4n) is 2.87. The molecule has 0 aromatic carbocycles. The zero-order chi connectivity index (χ0) is 14.3. The van der Waals surface area contributed by atoms with Crippen molar-refractivity contribution < 1.29 is 4.79 Å². The molecule has 110 valence electrons. The molecule has 1 aliphatic carbocycles. The third kappa shape index (κ3) is 2.40. The van der Waals surface area contributed by atoms with E-state index in [0.29, 0.717) is 5.91 Å². The smallest absolute Gasteiger partial charge is 0.244 e. The summed E-state index contributed by atoms with van der Waals surface area (Å²) in [6, 6.07) is 4.60. The lowest BCUT2D eigenvalue weighted by atomic mass is 10.2. The van der Waals surface area contributed by atoms with Crippen molar-refractivity contribution in [2.75, 3.05) is 11.5 Å². The highest BCUT2D eigenvalue weighted by molar-refractivity contribution is 7.99. The summed E-state index contributed by atoms with van der Waals surface area (Å²) in [4.78, 5) is 17.4. The van der Waals surface area contributed by atoms with Gasteiger partial charge in [-0.1, -0.05) is 6.92 Å². The van der Waals surface area contributed by atoms with Crippen LogP contribution in [0.4, 0.5) is 0 Å². The van der Waals surface area contributed by atoms with E-state index in [4.69, 9.17) is 0 Å². The van der Waals surface area contributed by atoms with Gasteiger partial charge < -0.3 is 4.90 Å². The first kappa shape index (κ1) is 14.4. The second-order valence-corrected chi connectivity index (χ2v) is 8.44. The summed E-state index contributed by atoms with van der Waals surface area (Å²) in [7, 11) is 0. The molecular formula is C15H22N2OS2. The van der Waals surface area contributed by atoms with Gasteiger partial charge in [-0.25, -0.2) is 0 Å². The maximum absolute atomic E-state index is 12.7. The number of thioether (sulfide) groups is 1. The van der Waals surface area contributed by atoms with Crippen LogP contribution >= 0.6 is 23.1 Å². The zero-order valence-corrected chi connectivity index (χ0v) is 13.9. The number of thiophene rings is 1. The Labute approximate surface area is 129 Å². The van der Waals surface area contributed by atoms with Crippen LogP contribution < -0.4 is 5.32 Å². The van der Waals surface area contributed by atoms with Gasteiger partial charge in [-0.2, -0.15) is 11.8 Å². The van der Waals surface area contributed by atoms with Crippen molar-refractivity contribution in [1.82, 2.24) is 10.2 Å². The van der Waals surface area contributed by atoms with E-state index in [0.717, 1.165) is 24.3 Å². The molecule has 1 N–H and O–H groups in total. The number of nitrogens with zero attached hydrogens (tertiary/aromatic N) is 1. The maximum Gasteiger partial charge on any atom is 0.244 e. The van der Waals surface area contributed by atoms with E-state index < -0.39 is 0 Å². The molecule has 1 aliphatic heterocycles. The van der Waals surface area contributed by atoms with Gasteiger partial charge >= 0.3 is 0 Å². The predicted molar refractivity (Wildman–Crippen MR) is 86.2 cm³/mol. The zero-order valence-electron chi connectivity index (χ0n) is 12.3. The Hall–Kier alpha value is -0.520. The van der Waals surface area contributed by atoms with Crippen LogP contribution in [0, 0.1) is 6.92 Å². The number of hydrogen-bond acceptors (Lipinski definition) is 4. The Morgan fingerprint density at radius 1 is 1.55 bits per heavy atom. The van der Waals surface area contributed by atoms with Gasteiger partial charge in [0.1, 0.15) is 11.7 Å². The minimum atomic E-state index is -0.228. The van der Waals surface area contributed by atoms with Crippen LogP contribution in [-0.2, 0) is 4.79 Å². The van der Waals surface area contributed by atoms with Gasteiger partial charge in [-0.3, -0.25) is 10.1 Å². The molecule has 2 fully saturated rings.